The minimum atomic E-state index is -1.12. The zero-order chi connectivity index (χ0) is 33.8. The number of allylic oxidation sites excluding steroid dienone is 2. The standard InChI is InChI=1S/C36H58N2O8/c1-8-29(40)25(6)34-31(44-34)19-36(7,43)16-10-11-23(4)33-24(5)13-15-30(22(3)12-14-28(39)18-32(41)46-33)45-35(42)38-21-26-17-27(38)20-37(26)9-2/h10-11,13,15-16,22,24-31,33-34,39-40,43H,8-9,12,14,17-21H2,1-7H3/b15-13-,16-10+,23-11+/t22?,24?,25?,26-,27-,28?,29?,30?,31?,33?,34?,36?/m0/s1. The molecule has 3 fully saturated rings. The van der Waals surface area contributed by atoms with E-state index in [1.165, 1.54) is 0 Å². The molecule has 10 heteroatoms. The van der Waals surface area contributed by atoms with Crippen LogP contribution in [-0.4, -0.2) is 111 Å². The number of carbonyl (C=O) groups excluding carboxylic acids is 2. The molecular weight excluding hydrogens is 588 g/mol. The van der Waals surface area contributed by atoms with E-state index in [4.69, 9.17) is 14.2 Å². The number of aliphatic hydroxyl groups is 3. The first-order chi connectivity index (χ1) is 21.7. The van der Waals surface area contributed by atoms with Gasteiger partial charge in [0.15, 0.2) is 0 Å². The lowest BCUT2D eigenvalue weighted by atomic mass is 9.91. The van der Waals surface area contributed by atoms with Crippen molar-refractivity contribution in [2.45, 2.75) is 141 Å². The summed E-state index contributed by atoms with van der Waals surface area (Å²) in [6.45, 7) is 16.2. The highest BCUT2D eigenvalue weighted by atomic mass is 16.6. The van der Waals surface area contributed by atoms with Crippen LogP contribution >= 0.6 is 0 Å². The molecule has 4 rings (SSSR count). The SMILES string of the molecule is CCC(O)C(C)C1OC1CC(C)(O)/C=C/C=C(\C)C1OC(=O)CC(O)CCC(C)C(OC(=O)N2C[C@@H]3C[C@H]2CN3CC)/C=C\C1C. The van der Waals surface area contributed by atoms with Gasteiger partial charge in [0.2, 0.25) is 0 Å². The molecule has 10 unspecified atom stereocenters. The summed E-state index contributed by atoms with van der Waals surface area (Å²) < 4.78 is 17.8. The molecule has 1 amide bonds. The number of rotatable bonds is 10. The third-order valence-corrected chi connectivity index (χ3v) is 10.5. The average Bonchev–Trinajstić information content (AvgIpc) is 3.44. The van der Waals surface area contributed by atoms with Gasteiger partial charge in [-0.15, -0.1) is 0 Å². The van der Waals surface area contributed by atoms with Crippen molar-refractivity contribution < 1.29 is 39.1 Å². The van der Waals surface area contributed by atoms with E-state index >= 15 is 0 Å². The van der Waals surface area contributed by atoms with Crippen molar-refractivity contribution in [1.29, 1.82) is 0 Å². The van der Waals surface area contributed by atoms with Crippen LogP contribution in [0.15, 0.2) is 36.0 Å². The third kappa shape index (κ3) is 9.43. The van der Waals surface area contributed by atoms with Crippen LogP contribution in [-0.2, 0) is 19.0 Å². The Morgan fingerprint density at radius 2 is 1.93 bits per heavy atom. The second-order valence-corrected chi connectivity index (χ2v) is 14.5. The topological polar surface area (TPSA) is 132 Å². The van der Waals surface area contributed by atoms with E-state index in [0.717, 1.165) is 25.1 Å². The number of fused-ring (bicyclic) bond motifs is 2. The van der Waals surface area contributed by atoms with Gasteiger partial charge in [-0.05, 0) is 63.6 Å². The van der Waals surface area contributed by atoms with Crippen molar-refractivity contribution >= 4 is 12.1 Å². The van der Waals surface area contributed by atoms with Gasteiger partial charge in [0.05, 0.1) is 36.4 Å². The molecule has 10 nitrogen and oxygen atoms in total. The lowest BCUT2D eigenvalue weighted by molar-refractivity contribution is -0.151. The summed E-state index contributed by atoms with van der Waals surface area (Å²) in [7, 11) is 0. The number of carbonyl (C=O) groups is 2. The summed E-state index contributed by atoms with van der Waals surface area (Å²) in [5.41, 5.74) is -0.345. The van der Waals surface area contributed by atoms with Crippen molar-refractivity contribution in [1.82, 2.24) is 9.80 Å². The van der Waals surface area contributed by atoms with E-state index in [0.29, 0.717) is 38.3 Å². The first-order valence-electron chi connectivity index (χ1n) is 17.4. The second kappa shape index (κ2) is 15.8. The highest BCUT2D eigenvalue weighted by molar-refractivity contribution is 5.70. The van der Waals surface area contributed by atoms with E-state index in [1.807, 2.05) is 57.7 Å². The highest BCUT2D eigenvalue weighted by Gasteiger charge is 2.47. The number of likely N-dealkylation sites (tertiary alicyclic amines) is 2. The van der Waals surface area contributed by atoms with Crippen molar-refractivity contribution in [3.8, 4) is 0 Å². The Balaban J connectivity index is 1.43. The van der Waals surface area contributed by atoms with E-state index in [9.17, 15) is 24.9 Å². The minimum absolute atomic E-state index is 0.00828. The number of ether oxygens (including phenoxy) is 3. The molecule has 4 aliphatic heterocycles. The first kappa shape index (κ1) is 36.6. The number of amides is 1. The number of aliphatic hydroxyl groups excluding tert-OH is 2. The van der Waals surface area contributed by atoms with Crippen LogP contribution < -0.4 is 0 Å². The van der Waals surface area contributed by atoms with E-state index < -0.39 is 36.0 Å². The number of likely N-dealkylation sites (N-methyl/N-ethyl adjacent to an activating group) is 1. The van der Waals surface area contributed by atoms with Gasteiger partial charge in [-0.25, -0.2) is 4.79 Å². The number of hydrogen-bond acceptors (Lipinski definition) is 9. The Hall–Kier alpha value is -2.24. The van der Waals surface area contributed by atoms with E-state index in [2.05, 4.69) is 11.8 Å². The maximum absolute atomic E-state index is 13.3. The third-order valence-electron chi connectivity index (χ3n) is 10.5. The quantitative estimate of drug-likeness (QED) is 0.137. The molecule has 4 aliphatic rings. The molecule has 2 bridgehead atoms. The number of piperazine rings is 1. The number of cyclic esters (lactones) is 1. The van der Waals surface area contributed by atoms with E-state index in [1.54, 1.807) is 19.1 Å². The van der Waals surface area contributed by atoms with Crippen LogP contribution in [0.25, 0.3) is 0 Å². The van der Waals surface area contributed by atoms with Gasteiger partial charge in [-0.1, -0.05) is 58.9 Å². The van der Waals surface area contributed by atoms with Gasteiger partial charge in [0.1, 0.15) is 12.2 Å². The molecule has 0 radical (unpaired) electrons. The zero-order valence-corrected chi connectivity index (χ0v) is 28.9. The fourth-order valence-corrected chi connectivity index (χ4v) is 7.35. The van der Waals surface area contributed by atoms with Gasteiger partial charge in [0.25, 0.3) is 0 Å². The summed E-state index contributed by atoms with van der Waals surface area (Å²) in [5.74, 6) is -0.753. The van der Waals surface area contributed by atoms with E-state index in [-0.39, 0.29) is 48.5 Å². The molecule has 0 aromatic heterocycles. The summed E-state index contributed by atoms with van der Waals surface area (Å²) in [6, 6.07) is 0.581. The normalized spacial score (nSPS) is 37.6. The molecular formula is C36H58N2O8. The van der Waals surface area contributed by atoms with Gasteiger partial charge in [-0.3, -0.25) is 9.69 Å². The Bertz CT molecular complexity index is 1140. The molecule has 0 saturated carbocycles. The summed E-state index contributed by atoms with van der Waals surface area (Å²) in [4.78, 5) is 30.4. The summed E-state index contributed by atoms with van der Waals surface area (Å²) in [6.07, 6.45) is 9.27. The van der Waals surface area contributed by atoms with Gasteiger partial charge >= 0.3 is 12.1 Å². The van der Waals surface area contributed by atoms with Crippen LogP contribution in [0.1, 0.15) is 87.0 Å². The summed E-state index contributed by atoms with van der Waals surface area (Å²) >= 11 is 0. The Labute approximate surface area is 275 Å². The monoisotopic (exact) mass is 646 g/mol. The fraction of sp³-hybridized carbons (Fsp3) is 0.778. The number of esters is 1. The van der Waals surface area contributed by atoms with Crippen LogP contribution in [0.5, 0.6) is 0 Å². The van der Waals surface area contributed by atoms with Crippen LogP contribution in [0.4, 0.5) is 4.79 Å². The molecule has 3 N–H and O–H groups in total. The maximum Gasteiger partial charge on any atom is 0.410 e. The highest BCUT2D eigenvalue weighted by Crippen LogP contribution is 2.38. The van der Waals surface area contributed by atoms with Crippen molar-refractivity contribution in [2.75, 3.05) is 19.6 Å². The Kier molecular flexibility index (Phi) is 12.5. The van der Waals surface area contributed by atoms with Crippen LogP contribution in [0, 0.1) is 17.8 Å². The Morgan fingerprint density at radius 1 is 1.20 bits per heavy atom. The Morgan fingerprint density at radius 3 is 2.59 bits per heavy atom. The molecule has 12 atom stereocenters. The largest absolute Gasteiger partial charge is 0.457 e. The van der Waals surface area contributed by atoms with Gasteiger partial charge in [-0.2, -0.15) is 0 Å². The fourth-order valence-electron chi connectivity index (χ4n) is 7.35. The molecule has 0 spiro atoms. The lowest BCUT2D eigenvalue weighted by Crippen LogP contribution is -2.49. The van der Waals surface area contributed by atoms with Crippen LogP contribution in [0.2, 0.25) is 0 Å². The molecule has 0 aromatic carbocycles. The second-order valence-electron chi connectivity index (χ2n) is 14.5. The van der Waals surface area contributed by atoms with Crippen LogP contribution in [0.3, 0.4) is 0 Å². The first-order valence-corrected chi connectivity index (χ1v) is 17.4. The molecule has 3 saturated heterocycles. The number of nitrogens with zero attached hydrogens (tertiary/aromatic N) is 2. The lowest BCUT2D eigenvalue weighted by Gasteiger charge is -2.34. The molecule has 0 aliphatic carbocycles. The van der Waals surface area contributed by atoms with Gasteiger partial charge in [0, 0.05) is 43.4 Å². The van der Waals surface area contributed by atoms with Gasteiger partial charge < -0.3 is 34.4 Å². The number of epoxide rings is 1. The predicted molar refractivity (Wildman–Crippen MR) is 176 cm³/mol. The smallest absolute Gasteiger partial charge is 0.410 e. The van der Waals surface area contributed by atoms with Crippen molar-refractivity contribution in [2.24, 2.45) is 17.8 Å². The molecule has 46 heavy (non-hydrogen) atoms. The average molecular weight is 647 g/mol. The summed E-state index contributed by atoms with van der Waals surface area (Å²) in [5, 5.41) is 31.8. The number of hydrogen-bond donors (Lipinski definition) is 3. The minimum Gasteiger partial charge on any atom is -0.457 e. The zero-order valence-electron chi connectivity index (χ0n) is 28.9. The predicted octanol–water partition coefficient (Wildman–Crippen LogP) is 4.37. The molecule has 0 aromatic rings. The van der Waals surface area contributed by atoms with Crippen molar-refractivity contribution in [3.05, 3.63) is 36.0 Å². The molecule has 260 valence electrons. The molecule has 4 heterocycles. The van der Waals surface area contributed by atoms with Crippen molar-refractivity contribution in [3.63, 3.8) is 0 Å². The maximum atomic E-state index is 13.3.